The smallest absolute Gasteiger partial charge is 0.244 e. The molecule has 3 N–H and O–H groups in total. The van der Waals surface area contributed by atoms with Gasteiger partial charge in [0.1, 0.15) is 6.04 Å². The van der Waals surface area contributed by atoms with Gasteiger partial charge >= 0.3 is 0 Å². The molecule has 2 aromatic carbocycles. The fourth-order valence-electron chi connectivity index (χ4n) is 5.99. The van der Waals surface area contributed by atoms with Crippen LogP contribution in [0.2, 0.25) is 0 Å². The van der Waals surface area contributed by atoms with Crippen LogP contribution >= 0.6 is 27.7 Å². The van der Waals surface area contributed by atoms with Gasteiger partial charge in [-0.05, 0) is 37.0 Å². The first kappa shape index (κ1) is 25.3. The number of unbranched alkanes of at least 4 members (excludes halogenated alkanes) is 1. The van der Waals surface area contributed by atoms with E-state index < -0.39 is 22.6 Å². The highest BCUT2D eigenvalue weighted by Crippen LogP contribution is 2.67. The Hall–Kier alpha value is -2.36. The zero-order chi connectivity index (χ0) is 25.3. The van der Waals surface area contributed by atoms with E-state index in [9.17, 15) is 19.5 Å². The molecular formula is C27H30BrN3O4S. The molecule has 0 saturated carbocycles. The number of carbonyl (C=O) groups is 3. The number of thioether (sulfide) groups is 1. The molecule has 3 amide bonds. The first-order valence-corrected chi connectivity index (χ1v) is 14.2. The van der Waals surface area contributed by atoms with Crippen LogP contribution in [0.4, 0.5) is 5.69 Å². The van der Waals surface area contributed by atoms with E-state index in [1.807, 2.05) is 60.7 Å². The Balaban J connectivity index is 1.43. The molecule has 0 radical (unpaired) electrons. The highest BCUT2D eigenvalue weighted by molar-refractivity contribution is 9.09. The third-order valence-electron chi connectivity index (χ3n) is 7.50. The molecule has 5 rings (SSSR count). The van der Waals surface area contributed by atoms with Crippen LogP contribution in [0.25, 0.3) is 0 Å². The van der Waals surface area contributed by atoms with Crippen LogP contribution in [-0.4, -0.2) is 61.7 Å². The first-order chi connectivity index (χ1) is 17.5. The number of anilines is 1. The fourth-order valence-corrected chi connectivity index (χ4v) is 9.61. The predicted octanol–water partition coefficient (Wildman–Crippen LogP) is 3.18. The number of halogens is 1. The Labute approximate surface area is 223 Å². The number of fused-ring (bicyclic) bond motifs is 1. The molecule has 2 bridgehead atoms. The summed E-state index contributed by atoms with van der Waals surface area (Å²) in [4.78, 5) is 42.9. The number of hydrogen-bond donors (Lipinski definition) is 3. The van der Waals surface area contributed by atoms with E-state index in [-0.39, 0.29) is 34.4 Å². The number of nitrogens with one attached hydrogen (secondary N) is 2. The summed E-state index contributed by atoms with van der Waals surface area (Å²) < 4.78 is -0.672. The number of para-hydroxylation sites is 1. The summed E-state index contributed by atoms with van der Waals surface area (Å²) in [6.45, 7) is 0.787. The number of amides is 3. The van der Waals surface area contributed by atoms with Crippen molar-refractivity contribution in [1.82, 2.24) is 10.2 Å². The molecule has 9 heteroatoms. The summed E-state index contributed by atoms with van der Waals surface area (Å²) in [5.74, 6) is -1.59. The zero-order valence-electron chi connectivity index (χ0n) is 19.8. The van der Waals surface area contributed by atoms with Gasteiger partial charge in [0.15, 0.2) is 0 Å². The molecule has 36 heavy (non-hydrogen) atoms. The van der Waals surface area contributed by atoms with Gasteiger partial charge in [0, 0.05) is 35.5 Å². The molecule has 6 atom stereocenters. The van der Waals surface area contributed by atoms with E-state index in [0.29, 0.717) is 38.0 Å². The van der Waals surface area contributed by atoms with Gasteiger partial charge in [0.25, 0.3) is 0 Å². The van der Waals surface area contributed by atoms with Gasteiger partial charge < -0.3 is 20.6 Å². The Morgan fingerprint density at radius 3 is 2.44 bits per heavy atom. The van der Waals surface area contributed by atoms with E-state index in [1.54, 1.807) is 16.7 Å². The van der Waals surface area contributed by atoms with E-state index in [1.165, 1.54) is 0 Å². The normalized spacial score (nSPS) is 30.3. The number of hydrogen-bond acceptors (Lipinski definition) is 5. The van der Waals surface area contributed by atoms with Crippen LogP contribution in [0.3, 0.4) is 0 Å². The summed E-state index contributed by atoms with van der Waals surface area (Å²) in [7, 11) is 0. The Bertz CT molecular complexity index is 1120. The molecule has 3 fully saturated rings. The second kappa shape index (κ2) is 10.6. The van der Waals surface area contributed by atoms with E-state index >= 15 is 0 Å². The van der Waals surface area contributed by atoms with E-state index in [4.69, 9.17) is 0 Å². The Morgan fingerprint density at radius 2 is 1.75 bits per heavy atom. The average molecular weight is 573 g/mol. The topological polar surface area (TPSA) is 98.7 Å². The average Bonchev–Trinajstić information content (AvgIpc) is 3.47. The molecule has 2 aromatic rings. The van der Waals surface area contributed by atoms with Crippen LogP contribution in [0.15, 0.2) is 60.7 Å². The molecule has 190 valence electrons. The lowest BCUT2D eigenvalue weighted by molar-refractivity contribution is -0.139. The summed E-state index contributed by atoms with van der Waals surface area (Å²) in [6.07, 6.45) is 1.79. The molecule has 3 saturated heterocycles. The van der Waals surface area contributed by atoms with Crippen LogP contribution in [-0.2, 0) is 20.9 Å². The molecule has 3 heterocycles. The van der Waals surface area contributed by atoms with Gasteiger partial charge in [0.05, 0.1) is 16.6 Å². The quantitative estimate of drug-likeness (QED) is 0.317. The van der Waals surface area contributed by atoms with Crippen LogP contribution in [0.1, 0.15) is 24.8 Å². The van der Waals surface area contributed by atoms with Gasteiger partial charge in [-0.3, -0.25) is 14.4 Å². The first-order valence-electron chi connectivity index (χ1n) is 12.4. The van der Waals surface area contributed by atoms with Gasteiger partial charge in [-0.25, -0.2) is 0 Å². The third-order valence-corrected chi connectivity index (χ3v) is 10.7. The maximum absolute atomic E-state index is 13.9. The lowest BCUT2D eigenvalue weighted by atomic mass is 9.70. The SMILES string of the molecule is O=C(NCc1ccccc1)C1N(CCCCO)C(=O)[C@@H]2[C@H](C(=O)Nc3ccccc3)[C@H]3SC12CC3Br. The molecular weight excluding hydrogens is 542 g/mol. The van der Waals surface area contributed by atoms with Gasteiger partial charge in [-0.2, -0.15) is 0 Å². The monoisotopic (exact) mass is 571 g/mol. The van der Waals surface area contributed by atoms with Gasteiger partial charge in [-0.15, -0.1) is 11.8 Å². The molecule has 0 aromatic heterocycles. The largest absolute Gasteiger partial charge is 0.396 e. The van der Waals surface area contributed by atoms with Crippen molar-refractivity contribution >= 4 is 51.1 Å². The lowest BCUT2D eigenvalue weighted by Gasteiger charge is -2.35. The highest BCUT2D eigenvalue weighted by atomic mass is 79.9. The van der Waals surface area contributed by atoms with Crippen molar-refractivity contribution in [3.63, 3.8) is 0 Å². The minimum Gasteiger partial charge on any atom is -0.396 e. The van der Waals surface area contributed by atoms with Gasteiger partial charge in [-0.1, -0.05) is 64.5 Å². The van der Waals surface area contributed by atoms with Crippen molar-refractivity contribution in [1.29, 1.82) is 0 Å². The molecule has 3 aliphatic rings. The standard InChI is InChI=1S/C27H30BrN3O4S/c28-19-15-27-21(20(22(19)36-27)24(33)30-18-11-5-2-6-12-18)26(35)31(13-7-8-14-32)23(27)25(34)29-16-17-9-3-1-4-10-17/h1-6,9-12,19-23,32H,7-8,13-16H2,(H,29,34)(H,30,33)/t19?,20-,21-,22-,23?,27?/m0/s1. The molecule has 7 nitrogen and oxygen atoms in total. The number of aliphatic hydroxyl groups excluding tert-OH is 1. The lowest BCUT2D eigenvalue weighted by Crippen LogP contribution is -2.54. The minimum absolute atomic E-state index is 0.0277. The van der Waals surface area contributed by atoms with E-state index in [2.05, 4.69) is 26.6 Å². The van der Waals surface area contributed by atoms with Crippen molar-refractivity contribution < 1.29 is 19.5 Å². The van der Waals surface area contributed by atoms with Crippen molar-refractivity contribution in [2.45, 2.75) is 46.7 Å². The second-order valence-electron chi connectivity index (χ2n) is 9.68. The van der Waals surface area contributed by atoms with Crippen molar-refractivity contribution in [3.05, 3.63) is 66.2 Å². The van der Waals surface area contributed by atoms with E-state index in [0.717, 1.165) is 5.56 Å². The van der Waals surface area contributed by atoms with Crippen molar-refractivity contribution in [2.75, 3.05) is 18.5 Å². The number of aliphatic hydroxyl groups is 1. The number of rotatable bonds is 9. The molecule has 3 unspecified atom stereocenters. The minimum atomic E-state index is -0.672. The van der Waals surface area contributed by atoms with Crippen LogP contribution < -0.4 is 10.6 Å². The number of alkyl halides is 1. The number of benzene rings is 2. The fraction of sp³-hybridized carbons (Fsp3) is 0.444. The molecule has 0 aliphatic carbocycles. The van der Waals surface area contributed by atoms with Crippen LogP contribution in [0.5, 0.6) is 0 Å². The van der Waals surface area contributed by atoms with Gasteiger partial charge in [0.2, 0.25) is 17.7 Å². The summed E-state index contributed by atoms with van der Waals surface area (Å²) in [6, 6.07) is 18.3. The van der Waals surface area contributed by atoms with Crippen molar-refractivity contribution in [2.24, 2.45) is 11.8 Å². The second-order valence-corrected chi connectivity index (χ2v) is 12.4. The Morgan fingerprint density at radius 1 is 1.06 bits per heavy atom. The molecule has 3 aliphatic heterocycles. The number of nitrogens with zero attached hydrogens (tertiary/aromatic N) is 1. The third kappa shape index (κ3) is 4.46. The zero-order valence-corrected chi connectivity index (χ0v) is 22.2. The van der Waals surface area contributed by atoms with Crippen molar-refractivity contribution in [3.8, 4) is 0 Å². The number of likely N-dealkylation sites (tertiary alicyclic amines) is 1. The maximum atomic E-state index is 13.9. The molecule has 1 spiro atoms. The Kier molecular flexibility index (Phi) is 7.42. The highest BCUT2D eigenvalue weighted by Gasteiger charge is 2.75. The number of carbonyl (C=O) groups excluding carboxylic acids is 3. The predicted molar refractivity (Wildman–Crippen MR) is 144 cm³/mol. The van der Waals surface area contributed by atoms with Crippen LogP contribution in [0, 0.1) is 11.8 Å². The summed E-state index contributed by atoms with van der Waals surface area (Å²) in [5.41, 5.74) is 1.68. The summed E-state index contributed by atoms with van der Waals surface area (Å²) >= 11 is 5.41. The maximum Gasteiger partial charge on any atom is 0.244 e. The summed E-state index contributed by atoms with van der Waals surface area (Å²) in [5, 5.41) is 15.3.